The van der Waals surface area contributed by atoms with Gasteiger partial charge in [0.2, 0.25) is 0 Å². The van der Waals surface area contributed by atoms with E-state index in [-0.39, 0.29) is 22.8 Å². The molecule has 0 radical (unpaired) electrons. The maximum Gasteiger partial charge on any atom is 0.349 e. The maximum atomic E-state index is 14.1. The van der Waals surface area contributed by atoms with Gasteiger partial charge < -0.3 is 10.4 Å². The molecule has 0 fully saturated rings. The molecule has 2 aromatic heterocycles. The molecule has 0 atom stereocenters. The van der Waals surface area contributed by atoms with Crippen molar-refractivity contribution in [1.82, 2.24) is 9.97 Å². The van der Waals surface area contributed by atoms with E-state index in [0.717, 1.165) is 16.2 Å². The van der Waals surface area contributed by atoms with E-state index in [2.05, 4.69) is 15.3 Å². The van der Waals surface area contributed by atoms with Gasteiger partial charge in [-0.3, -0.25) is 9.88 Å². The number of aromatic nitrogens is 2. The summed E-state index contributed by atoms with van der Waals surface area (Å²) in [6.07, 6.45) is 3.15. The summed E-state index contributed by atoms with van der Waals surface area (Å²) >= 11 is 0.936. The molecule has 7 nitrogen and oxygen atoms in total. The highest BCUT2D eigenvalue weighted by molar-refractivity contribution is 7.17. The number of fused-ring (bicyclic) bond motifs is 1. The molecule has 0 unspecified atom stereocenters. The average molecular weight is 370 g/mol. The van der Waals surface area contributed by atoms with Crippen molar-refractivity contribution in [2.45, 2.75) is 6.54 Å². The number of carbonyl (C=O) groups is 2. The number of carboxylic acid groups (broad SMARTS) is 1. The number of carboxylic acids is 1. The van der Waals surface area contributed by atoms with E-state index in [1.54, 1.807) is 30.6 Å². The van der Waals surface area contributed by atoms with E-state index < -0.39 is 17.8 Å². The molecule has 4 rings (SSSR count). The number of benzene rings is 1. The Labute approximate surface area is 150 Å². The lowest BCUT2D eigenvalue weighted by Crippen LogP contribution is -2.40. The van der Waals surface area contributed by atoms with Crippen LogP contribution in [-0.2, 0) is 6.54 Å². The number of hydrogen-bond acceptors (Lipinski definition) is 5. The number of aromatic carboxylic acids is 1. The van der Waals surface area contributed by atoms with Gasteiger partial charge in [0.1, 0.15) is 10.8 Å². The Bertz CT molecular complexity index is 1020. The predicted octanol–water partition coefficient (Wildman–Crippen LogP) is 3.59. The van der Waals surface area contributed by atoms with Crippen LogP contribution in [0, 0.1) is 5.82 Å². The summed E-state index contributed by atoms with van der Waals surface area (Å²) in [6.45, 7) is -0.107. The summed E-state index contributed by atoms with van der Waals surface area (Å²) in [5, 5.41) is 12.5. The molecule has 3 aromatic rings. The Morgan fingerprint density at radius 3 is 2.88 bits per heavy atom. The van der Waals surface area contributed by atoms with Gasteiger partial charge in [-0.25, -0.2) is 19.0 Å². The van der Waals surface area contributed by atoms with Crippen molar-refractivity contribution in [3.05, 3.63) is 59.0 Å². The first-order valence-electron chi connectivity index (χ1n) is 7.55. The smallest absolute Gasteiger partial charge is 0.349 e. The van der Waals surface area contributed by atoms with Gasteiger partial charge in [0.25, 0.3) is 0 Å². The highest BCUT2D eigenvalue weighted by Crippen LogP contribution is 2.36. The Morgan fingerprint density at radius 1 is 1.31 bits per heavy atom. The summed E-state index contributed by atoms with van der Waals surface area (Å²) in [7, 11) is 0. The third-order valence-electron chi connectivity index (χ3n) is 3.89. The molecule has 0 bridgehead atoms. The van der Waals surface area contributed by atoms with Gasteiger partial charge in [-0.1, -0.05) is 6.07 Å². The first kappa shape index (κ1) is 16.2. The zero-order valence-electron chi connectivity index (χ0n) is 13.1. The summed E-state index contributed by atoms with van der Waals surface area (Å²) < 4.78 is 14.1. The molecule has 0 saturated heterocycles. The fraction of sp³-hybridized carbons (Fsp3) is 0.0588. The van der Waals surface area contributed by atoms with Crippen molar-refractivity contribution in [3.63, 3.8) is 0 Å². The van der Waals surface area contributed by atoms with Crippen LogP contribution < -0.4 is 10.2 Å². The molecule has 0 spiro atoms. The van der Waals surface area contributed by atoms with Crippen LogP contribution in [0.5, 0.6) is 0 Å². The number of anilines is 2. The standard InChI is InChI=1S/C17H11FN4O3S/c18-11-4-1-5-12-10(11)8-22(17(25)20-12)14-13(16(23)24)26-15(21-14)9-3-2-6-19-7-9/h1-7H,8H2,(H,20,25)(H,23,24). The van der Waals surface area contributed by atoms with Crippen LogP contribution in [0.15, 0.2) is 42.7 Å². The molecule has 0 aliphatic carbocycles. The number of carbonyl (C=O) groups excluding carboxylic acids is 1. The predicted molar refractivity (Wildman–Crippen MR) is 93.9 cm³/mol. The lowest BCUT2D eigenvalue weighted by Gasteiger charge is -2.28. The third-order valence-corrected chi connectivity index (χ3v) is 4.97. The second-order valence-electron chi connectivity index (χ2n) is 5.50. The van der Waals surface area contributed by atoms with E-state index >= 15 is 0 Å². The molecular weight excluding hydrogens is 359 g/mol. The average Bonchev–Trinajstić information content (AvgIpc) is 3.08. The zero-order chi connectivity index (χ0) is 18.3. The number of pyridine rings is 1. The van der Waals surface area contributed by atoms with E-state index in [4.69, 9.17) is 0 Å². The first-order valence-corrected chi connectivity index (χ1v) is 8.36. The van der Waals surface area contributed by atoms with Crippen LogP contribution in [0.4, 0.5) is 20.7 Å². The lowest BCUT2D eigenvalue weighted by molar-refractivity contribution is 0.0702. The SMILES string of the molecule is O=C(O)c1sc(-c2cccnc2)nc1N1Cc2c(F)cccc2NC1=O. The molecule has 26 heavy (non-hydrogen) atoms. The van der Waals surface area contributed by atoms with Crippen molar-refractivity contribution in [1.29, 1.82) is 0 Å². The van der Waals surface area contributed by atoms with Gasteiger partial charge in [0, 0.05) is 23.5 Å². The van der Waals surface area contributed by atoms with Gasteiger partial charge in [0.15, 0.2) is 10.7 Å². The van der Waals surface area contributed by atoms with Crippen LogP contribution in [0.1, 0.15) is 15.2 Å². The zero-order valence-corrected chi connectivity index (χ0v) is 14.0. The Morgan fingerprint density at radius 2 is 2.15 bits per heavy atom. The minimum atomic E-state index is -1.21. The van der Waals surface area contributed by atoms with E-state index in [1.165, 1.54) is 12.1 Å². The topological polar surface area (TPSA) is 95.4 Å². The van der Waals surface area contributed by atoms with E-state index in [9.17, 15) is 19.1 Å². The number of urea groups is 1. The number of halogens is 1. The van der Waals surface area contributed by atoms with Crippen molar-refractivity contribution in [2.24, 2.45) is 0 Å². The molecule has 1 aliphatic rings. The highest BCUT2D eigenvalue weighted by Gasteiger charge is 2.32. The molecule has 2 amide bonds. The summed E-state index contributed by atoms with van der Waals surface area (Å²) in [6, 6.07) is 7.26. The normalized spacial score (nSPS) is 13.3. The van der Waals surface area contributed by atoms with E-state index in [1.807, 2.05) is 0 Å². The van der Waals surface area contributed by atoms with Crippen LogP contribution in [0.2, 0.25) is 0 Å². The Kier molecular flexibility index (Phi) is 3.85. The number of hydrogen-bond donors (Lipinski definition) is 2. The molecule has 9 heteroatoms. The van der Waals surface area contributed by atoms with Crippen molar-refractivity contribution >= 4 is 34.8 Å². The van der Waals surface area contributed by atoms with Crippen LogP contribution in [0.3, 0.4) is 0 Å². The lowest BCUT2D eigenvalue weighted by atomic mass is 10.1. The molecule has 130 valence electrons. The number of nitrogens with one attached hydrogen (secondary N) is 1. The molecule has 0 saturated carbocycles. The molecule has 1 aliphatic heterocycles. The Hall–Kier alpha value is -3.33. The monoisotopic (exact) mass is 370 g/mol. The largest absolute Gasteiger partial charge is 0.477 e. The summed E-state index contributed by atoms with van der Waals surface area (Å²) in [5.41, 5.74) is 1.28. The van der Waals surface area contributed by atoms with Crippen molar-refractivity contribution in [3.8, 4) is 10.6 Å². The van der Waals surface area contributed by atoms with Crippen molar-refractivity contribution < 1.29 is 19.1 Å². The van der Waals surface area contributed by atoms with Gasteiger partial charge in [-0.2, -0.15) is 0 Å². The number of amides is 2. The maximum absolute atomic E-state index is 14.1. The van der Waals surface area contributed by atoms with Gasteiger partial charge in [-0.05, 0) is 24.3 Å². The van der Waals surface area contributed by atoms with Crippen LogP contribution in [0.25, 0.3) is 10.6 Å². The third kappa shape index (κ3) is 2.68. The van der Waals surface area contributed by atoms with Crippen LogP contribution >= 0.6 is 11.3 Å². The highest BCUT2D eigenvalue weighted by atomic mass is 32.1. The second-order valence-corrected chi connectivity index (χ2v) is 6.50. The van der Waals surface area contributed by atoms with Gasteiger partial charge in [0.05, 0.1) is 12.2 Å². The van der Waals surface area contributed by atoms with Crippen LogP contribution in [-0.4, -0.2) is 27.1 Å². The minimum absolute atomic E-state index is 0.0206. The Balaban J connectivity index is 1.80. The number of nitrogens with zero attached hydrogens (tertiary/aromatic N) is 3. The fourth-order valence-corrected chi connectivity index (χ4v) is 3.57. The molecule has 3 heterocycles. The first-order chi connectivity index (χ1) is 12.5. The van der Waals surface area contributed by atoms with Gasteiger partial charge >= 0.3 is 12.0 Å². The molecule has 1 aromatic carbocycles. The summed E-state index contributed by atoms with van der Waals surface area (Å²) in [5.74, 6) is -1.71. The molecular formula is C17H11FN4O3S. The number of rotatable bonds is 3. The number of thiazole rings is 1. The second kappa shape index (κ2) is 6.19. The van der Waals surface area contributed by atoms with Gasteiger partial charge in [-0.15, -0.1) is 11.3 Å². The molecule has 2 N–H and O–H groups in total. The quantitative estimate of drug-likeness (QED) is 0.734. The summed E-state index contributed by atoms with van der Waals surface area (Å²) in [4.78, 5) is 33.4. The van der Waals surface area contributed by atoms with E-state index in [0.29, 0.717) is 16.3 Å². The van der Waals surface area contributed by atoms with Crippen molar-refractivity contribution in [2.75, 3.05) is 10.2 Å². The minimum Gasteiger partial charge on any atom is -0.477 e. The fourth-order valence-electron chi connectivity index (χ4n) is 2.67.